The van der Waals surface area contributed by atoms with Gasteiger partial charge in [-0.1, -0.05) is 90.5 Å². The van der Waals surface area contributed by atoms with Gasteiger partial charge in [0, 0.05) is 26.9 Å². The molecular weight excluding hydrogens is 518 g/mol. The highest BCUT2D eigenvalue weighted by Crippen LogP contribution is 2.47. The van der Waals surface area contributed by atoms with Gasteiger partial charge in [-0.25, -0.2) is 4.79 Å². The lowest BCUT2D eigenvalue weighted by Gasteiger charge is -2.28. The molecule has 5 rings (SSSR count). The smallest absolute Gasteiger partial charge is 0.327 e. The molecule has 4 unspecified atom stereocenters. The topological polar surface area (TPSA) is 74.7 Å². The molecule has 1 aliphatic rings. The van der Waals surface area contributed by atoms with E-state index in [0.29, 0.717) is 16.1 Å². The minimum absolute atomic E-state index is 0.261. The quantitative estimate of drug-likeness (QED) is 0.265. The minimum atomic E-state index is -1.25. The van der Waals surface area contributed by atoms with Gasteiger partial charge >= 0.3 is 5.97 Å². The van der Waals surface area contributed by atoms with Gasteiger partial charge in [-0.05, 0) is 41.3 Å². The van der Waals surface area contributed by atoms with Gasteiger partial charge in [-0.3, -0.25) is 9.59 Å². The van der Waals surface area contributed by atoms with Crippen molar-refractivity contribution < 1.29 is 19.5 Å². The number of likely N-dealkylation sites (tertiary alicyclic amines) is 1. The zero-order valence-electron chi connectivity index (χ0n) is 20.2. The van der Waals surface area contributed by atoms with Crippen LogP contribution in [0.25, 0.3) is 6.08 Å². The first-order valence-corrected chi connectivity index (χ1v) is 13.4. The lowest BCUT2D eigenvalue weighted by Crippen LogP contribution is -2.46. The van der Waals surface area contributed by atoms with Gasteiger partial charge in [0.25, 0.3) is 5.91 Å². The van der Waals surface area contributed by atoms with Crippen LogP contribution < -0.4 is 0 Å². The largest absolute Gasteiger partial charge is 0.480 e. The number of ketones is 1. The number of carbonyl (C=O) groups excluding carboxylic acids is 2. The lowest BCUT2D eigenvalue weighted by atomic mass is 9.80. The van der Waals surface area contributed by atoms with E-state index in [9.17, 15) is 19.5 Å². The van der Waals surface area contributed by atoms with Crippen LogP contribution in [0.4, 0.5) is 0 Å². The number of benzene rings is 3. The van der Waals surface area contributed by atoms with E-state index in [1.165, 1.54) is 16.2 Å². The summed E-state index contributed by atoms with van der Waals surface area (Å²) in [5.74, 6) is -3.46. The van der Waals surface area contributed by atoms with E-state index in [-0.39, 0.29) is 5.78 Å². The molecule has 5 nitrogen and oxygen atoms in total. The number of Topliss-reactive ketones (excluding diaryl/α,β-unsaturated/α-hetero) is 1. The maximum Gasteiger partial charge on any atom is 0.327 e. The maximum absolute atomic E-state index is 14.2. The van der Waals surface area contributed by atoms with Crippen molar-refractivity contribution in [3.63, 3.8) is 0 Å². The van der Waals surface area contributed by atoms with Gasteiger partial charge in [0.1, 0.15) is 6.04 Å². The van der Waals surface area contributed by atoms with E-state index in [4.69, 9.17) is 11.6 Å². The second kappa shape index (κ2) is 11.2. The van der Waals surface area contributed by atoms with E-state index in [1.807, 2.05) is 53.9 Å². The molecule has 0 aliphatic carbocycles. The third-order valence-corrected chi connectivity index (χ3v) is 8.00. The van der Waals surface area contributed by atoms with E-state index in [0.717, 1.165) is 10.4 Å². The first-order chi connectivity index (χ1) is 18.5. The SMILES string of the molecule is O=C(c1cccc(Cl)c1)C1C(c2cccs2)C(C(=O)O)N(C(=O)c2ccccc2)C1C=Cc1ccccc1. The summed E-state index contributed by atoms with van der Waals surface area (Å²) < 4.78 is 0. The van der Waals surface area contributed by atoms with Crippen molar-refractivity contribution in [2.24, 2.45) is 5.92 Å². The molecule has 1 aliphatic heterocycles. The summed E-state index contributed by atoms with van der Waals surface area (Å²) in [5.41, 5.74) is 1.61. The molecule has 190 valence electrons. The maximum atomic E-state index is 14.2. The number of halogens is 1. The van der Waals surface area contributed by atoms with E-state index in [1.54, 1.807) is 60.7 Å². The molecule has 1 aromatic heterocycles. The van der Waals surface area contributed by atoms with Crippen LogP contribution in [0, 0.1) is 5.92 Å². The Bertz CT molecular complexity index is 1470. The predicted octanol–water partition coefficient (Wildman–Crippen LogP) is 6.68. The number of carboxylic acid groups (broad SMARTS) is 1. The molecule has 2 heterocycles. The van der Waals surface area contributed by atoms with Crippen molar-refractivity contribution in [3.05, 3.63) is 135 Å². The summed E-state index contributed by atoms with van der Waals surface area (Å²) in [4.78, 5) is 43.1. The molecule has 0 spiro atoms. The number of rotatable bonds is 7. The van der Waals surface area contributed by atoms with Crippen LogP contribution in [0.3, 0.4) is 0 Å². The average molecular weight is 542 g/mol. The third-order valence-electron chi connectivity index (χ3n) is 6.79. The molecule has 0 radical (unpaired) electrons. The third kappa shape index (κ3) is 5.05. The first-order valence-electron chi connectivity index (χ1n) is 12.1. The Morgan fingerprint density at radius 3 is 2.16 bits per heavy atom. The van der Waals surface area contributed by atoms with Crippen LogP contribution in [-0.2, 0) is 4.79 Å². The Balaban J connectivity index is 1.71. The number of hydrogen-bond donors (Lipinski definition) is 1. The zero-order valence-corrected chi connectivity index (χ0v) is 21.8. The molecule has 38 heavy (non-hydrogen) atoms. The summed E-state index contributed by atoms with van der Waals surface area (Å²) >= 11 is 7.61. The Kier molecular flexibility index (Phi) is 7.54. The number of thiophene rings is 1. The Morgan fingerprint density at radius 2 is 1.53 bits per heavy atom. The number of amides is 1. The van der Waals surface area contributed by atoms with Crippen LogP contribution in [0.5, 0.6) is 0 Å². The Hall–Kier alpha value is -4.00. The van der Waals surface area contributed by atoms with Gasteiger partial charge in [0.15, 0.2) is 5.78 Å². The van der Waals surface area contributed by atoms with Crippen LogP contribution in [-0.4, -0.2) is 39.7 Å². The number of hydrogen-bond acceptors (Lipinski definition) is 4. The normalized spacial score (nSPS) is 21.0. The van der Waals surface area contributed by atoms with Gasteiger partial charge in [-0.2, -0.15) is 0 Å². The number of aliphatic carboxylic acids is 1. The second-order valence-corrected chi connectivity index (χ2v) is 10.5. The molecular formula is C31H24ClNO4S. The Labute approximate surface area is 229 Å². The fourth-order valence-corrected chi connectivity index (χ4v) is 6.25. The van der Waals surface area contributed by atoms with Crippen molar-refractivity contribution in [1.82, 2.24) is 4.90 Å². The van der Waals surface area contributed by atoms with Crippen LogP contribution in [0.15, 0.2) is 109 Å². The van der Waals surface area contributed by atoms with Gasteiger partial charge in [-0.15, -0.1) is 11.3 Å². The van der Waals surface area contributed by atoms with E-state index in [2.05, 4.69) is 0 Å². The monoisotopic (exact) mass is 541 g/mol. The van der Waals surface area contributed by atoms with Crippen LogP contribution >= 0.6 is 22.9 Å². The summed E-state index contributed by atoms with van der Waals surface area (Å²) in [6.45, 7) is 0. The number of nitrogens with zero attached hydrogens (tertiary/aromatic N) is 1. The highest BCUT2D eigenvalue weighted by Gasteiger charge is 2.56. The van der Waals surface area contributed by atoms with Crippen LogP contribution in [0.2, 0.25) is 5.02 Å². The molecule has 1 N–H and O–H groups in total. The molecule has 0 bridgehead atoms. The van der Waals surface area contributed by atoms with Crippen molar-refractivity contribution >= 4 is 46.7 Å². The van der Waals surface area contributed by atoms with E-state index >= 15 is 0 Å². The first kappa shape index (κ1) is 25.6. The molecule has 4 aromatic rings. The highest BCUT2D eigenvalue weighted by molar-refractivity contribution is 7.10. The lowest BCUT2D eigenvalue weighted by molar-refractivity contribution is -0.142. The summed E-state index contributed by atoms with van der Waals surface area (Å²) in [7, 11) is 0. The highest BCUT2D eigenvalue weighted by atomic mass is 35.5. The fourth-order valence-electron chi connectivity index (χ4n) is 5.16. The van der Waals surface area contributed by atoms with Crippen molar-refractivity contribution in [1.29, 1.82) is 0 Å². The van der Waals surface area contributed by atoms with Crippen molar-refractivity contribution in [2.75, 3.05) is 0 Å². The summed E-state index contributed by atoms with van der Waals surface area (Å²) in [6.07, 6.45) is 3.62. The summed E-state index contributed by atoms with van der Waals surface area (Å²) in [5, 5.41) is 12.8. The predicted molar refractivity (Wildman–Crippen MR) is 150 cm³/mol. The molecule has 1 amide bonds. The van der Waals surface area contributed by atoms with Crippen molar-refractivity contribution in [2.45, 2.75) is 18.0 Å². The molecule has 7 heteroatoms. The molecule has 1 saturated heterocycles. The zero-order chi connectivity index (χ0) is 26.6. The number of carboxylic acids is 1. The van der Waals surface area contributed by atoms with Gasteiger partial charge < -0.3 is 10.0 Å². The van der Waals surface area contributed by atoms with Gasteiger partial charge in [0.05, 0.1) is 12.0 Å². The second-order valence-electron chi connectivity index (χ2n) is 9.06. The fraction of sp³-hybridized carbons (Fsp3) is 0.129. The standard InChI is InChI=1S/C31H24ClNO4S/c32-23-14-7-13-22(19-23)29(34)26-24(17-16-20-9-3-1-4-10-20)33(30(35)21-11-5-2-6-12-21)28(31(36)37)27(26)25-15-8-18-38-25/h1-19,24,26-28H,(H,36,37). The number of carbonyl (C=O) groups is 3. The average Bonchev–Trinajstić information content (AvgIpc) is 3.58. The molecule has 1 fully saturated rings. The molecule has 0 saturated carbocycles. The van der Waals surface area contributed by atoms with Crippen molar-refractivity contribution in [3.8, 4) is 0 Å². The molecule has 3 aromatic carbocycles. The summed E-state index contributed by atoms with van der Waals surface area (Å²) in [6, 6.07) is 26.3. The molecule has 4 atom stereocenters. The van der Waals surface area contributed by atoms with Gasteiger partial charge in [0.2, 0.25) is 0 Å². The van der Waals surface area contributed by atoms with Crippen LogP contribution in [0.1, 0.15) is 37.1 Å². The van der Waals surface area contributed by atoms with E-state index < -0.39 is 35.8 Å². The minimum Gasteiger partial charge on any atom is -0.480 e. The Morgan fingerprint density at radius 1 is 0.842 bits per heavy atom.